The summed E-state index contributed by atoms with van der Waals surface area (Å²) in [5.41, 5.74) is 0.272. The lowest BCUT2D eigenvalue weighted by molar-refractivity contribution is -0.131. The molecule has 0 saturated carbocycles. The standard InChI is InChI=1S/C9H9O6P/c10-9(11)6-5-7-3-1-2-4-8(7)15-16(12,13)14/h1-6H,(H,10,11)(H2,12,13,14)/b6-5+. The number of rotatable bonds is 4. The fraction of sp³-hybridized carbons (Fsp3) is 0. The van der Waals surface area contributed by atoms with Gasteiger partial charge in [-0.1, -0.05) is 18.2 Å². The predicted molar refractivity (Wildman–Crippen MR) is 55.8 cm³/mol. The molecule has 16 heavy (non-hydrogen) atoms. The van der Waals surface area contributed by atoms with Crippen LogP contribution < -0.4 is 4.52 Å². The van der Waals surface area contributed by atoms with E-state index in [9.17, 15) is 9.36 Å². The second kappa shape index (κ2) is 4.94. The zero-order chi connectivity index (χ0) is 12.2. The zero-order valence-electron chi connectivity index (χ0n) is 7.98. The summed E-state index contributed by atoms with van der Waals surface area (Å²) in [7, 11) is -4.64. The fourth-order valence-corrected chi connectivity index (χ4v) is 1.41. The maximum Gasteiger partial charge on any atom is 0.524 e. The SMILES string of the molecule is O=C(O)/C=C/c1ccccc1OP(=O)(O)O. The molecule has 1 aromatic rings. The molecular formula is C9H9O6P. The Hall–Kier alpha value is -1.62. The lowest BCUT2D eigenvalue weighted by Gasteiger charge is -2.08. The molecule has 7 heteroatoms. The molecule has 0 aliphatic carbocycles. The molecule has 0 amide bonds. The van der Waals surface area contributed by atoms with Crippen molar-refractivity contribution in [2.45, 2.75) is 0 Å². The molecule has 0 spiro atoms. The summed E-state index contributed by atoms with van der Waals surface area (Å²) in [6, 6.07) is 5.92. The first kappa shape index (κ1) is 12.4. The van der Waals surface area contributed by atoms with Gasteiger partial charge in [-0.3, -0.25) is 9.79 Å². The minimum atomic E-state index is -4.64. The molecule has 0 saturated heterocycles. The monoisotopic (exact) mass is 244 g/mol. The largest absolute Gasteiger partial charge is 0.524 e. The van der Waals surface area contributed by atoms with Gasteiger partial charge in [0.2, 0.25) is 0 Å². The van der Waals surface area contributed by atoms with Gasteiger partial charge in [-0.2, -0.15) is 0 Å². The number of phosphoric ester groups is 1. The van der Waals surface area contributed by atoms with Gasteiger partial charge in [-0.15, -0.1) is 0 Å². The number of carboxylic acid groups (broad SMARTS) is 1. The van der Waals surface area contributed by atoms with Crippen LogP contribution in [0.1, 0.15) is 5.56 Å². The van der Waals surface area contributed by atoms with Crippen molar-refractivity contribution < 1.29 is 28.8 Å². The number of benzene rings is 1. The van der Waals surface area contributed by atoms with Gasteiger partial charge in [0.05, 0.1) is 0 Å². The maximum atomic E-state index is 10.6. The van der Waals surface area contributed by atoms with Crippen molar-refractivity contribution in [2.24, 2.45) is 0 Å². The molecule has 3 N–H and O–H groups in total. The molecule has 0 aromatic heterocycles. The third kappa shape index (κ3) is 4.27. The first-order chi connectivity index (χ1) is 7.38. The third-order valence-electron chi connectivity index (χ3n) is 1.54. The van der Waals surface area contributed by atoms with Crippen LogP contribution in [0.5, 0.6) is 5.75 Å². The molecule has 0 unspecified atom stereocenters. The summed E-state index contributed by atoms with van der Waals surface area (Å²) in [6.07, 6.45) is 2.04. The molecule has 0 bridgehead atoms. The van der Waals surface area contributed by atoms with E-state index in [1.54, 1.807) is 6.07 Å². The average molecular weight is 244 g/mol. The van der Waals surface area contributed by atoms with E-state index < -0.39 is 13.8 Å². The highest BCUT2D eigenvalue weighted by atomic mass is 31.2. The summed E-state index contributed by atoms with van der Waals surface area (Å²) in [5, 5.41) is 8.42. The predicted octanol–water partition coefficient (Wildman–Crippen LogP) is 1.26. The summed E-state index contributed by atoms with van der Waals surface area (Å²) in [6.45, 7) is 0. The van der Waals surface area contributed by atoms with Gasteiger partial charge in [0.25, 0.3) is 0 Å². The number of phosphoric acid groups is 1. The Kier molecular flexibility index (Phi) is 3.84. The highest BCUT2D eigenvalue weighted by molar-refractivity contribution is 7.46. The average Bonchev–Trinajstić information content (AvgIpc) is 2.14. The van der Waals surface area contributed by atoms with Gasteiger partial charge in [-0.25, -0.2) is 9.36 Å². The molecule has 0 radical (unpaired) electrons. The van der Waals surface area contributed by atoms with Crippen molar-refractivity contribution in [2.75, 3.05) is 0 Å². The van der Waals surface area contributed by atoms with Crippen LogP contribution in [-0.2, 0) is 9.36 Å². The molecule has 0 fully saturated rings. The normalized spacial score (nSPS) is 11.6. The number of para-hydroxylation sites is 1. The lowest BCUT2D eigenvalue weighted by Crippen LogP contribution is -1.93. The summed E-state index contributed by atoms with van der Waals surface area (Å²) < 4.78 is 15.0. The van der Waals surface area contributed by atoms with Crippen molar-refractivity contribution in [3.63, 3.8) is 0 Å². The van der Waals surface area contributed by atoms with Crippen LogP contribution in [0, 0.1) is 0 Å². The van der Waals surface area contributed by atoms with Gasteiger partial charge in [0.1, 0.15) is 5.75 Å². The van der Waals surface area contributed by atoms with Gasteiger partial charge in [-0.05, 0) is 12.1 Å². The highest BCUT2D eigenvalue weighted by Crippen LogP contribution is 2.39. The van der Waals surface area contributed by atoms with Crippen LogP contribution in [0.4, 0.5) is 0 Å². The van der Waals surface area contributed by atoms with Crippen LogP contribution in [-0.4, -0.2) is 20.9 Å². The number of hydrogen-bond acceptors (Lipinski definition) is 3. The molecule has 86 valence electrons. The van der Waals surface area contributed by atoms with Crippen LogP contribution in [0.15, 0.2) is 30.3 Å². The minimum Gasteiger partial charge on any atom is -0.478 e. The highest BCUT2D eigenvalue weighted by Gasteiger charge is 2.17. The van der Waals surface area contributed by atoms with Crippen molar-refractivity contribution in [3.8, 4) is 5.75 Å². The second-order valence-corrected chi connectivity index (χ2v) is 3.95. The summed E-state index contributed by atoms with van der Waals surface area (Å²) in [4.78, 5) is 27.5. The second-order valence-electron chi connectivity index (χ2n) is 2.79. The van der Waals surface area contributed by atoms with E-state index in [0.717, 1.165) is 6.08 Å². The number of aliphatic carboxylic acids is 1. The van der Waals surface area contributed by atoms with Crippen LogP contribution in [0.25, 0.3) is 6.08 Å². The Labute approximate surface area is 91.0 Å². The molecular weight excluding hydrogens is 235 g/mol. The number of hydrogen-bond donors (Lipinski definition) is 3. The number of carboxylic acids is 1. The molecule has 0 atom stereocenters. The van der Waals surface area contributed by atoms with E-state index in [0.29, 0.717) is 0 Å². The molecule has 6 nitrogen and oxygen atoms in total. The van der Waals surface area contributed by atoms with E-state index in [-0.39, 0.29) is 11.3 Å². The quantitative estimate of drug-likeness (QED) is 0.544. The molecule has 1 aromatic carbocycles. The Morgan fingerprint density at radius 2 is 1.94 bits per heavy atom. The topological polar surface area (TPSA) is 104 Å². The first-order valence-electron chi connectivity index (χ1n) is 4.14. The van der Waals surface area contributed by atoms with Crippen molar-refractivity contribution in [1.29, 1.82) is 0 Å². The summed E-state index contributed by atoms with van der Waals surface area (Å²) >= 11 is 0. The summed E-state index contributed by atoms with van der Waals surface area (Å²) in [5.74, 6) is -1.24. The van der Waals surface area contributed by atoms with Crippen LogP contribution in [0.3, 0.4) is 0 Å². The van der Waals surface area contributed by atoms with E-state index in [4.69, 9.17) is 14.9 Å². The van der Waals surface area contributed by atoms with E-state index >= 15 is 0 Å². The van der Waals surface area contributed by atoms with Gasteiger partial charge >= 0.3 is 13.8 Å². The van der Waals surface area contributed by atoms with Crippen molar-refractivity contribution in [3.05, 3.63) is 35.9 Å². The van der Waals surface area contributed by atoms with Crippen molar-refractivity contribution in [1.82, 2.24) is 0 Å². The van der Waals surface area contributed by atoms with Crippen molar-refractivity contribution >= 4 is 19.9 Å². The Morgan fingerprint density at radius 1 is 1.31 bits per heavy atom. The fourth-order valence-electron chi connectivity index (χ4n) is 0.991. The Morgan fingerprint density at radius 3 is 2.50 bits per heavy atom. The van der Waals surface area contributed by atoms with E-state index in [1.807, 2.05) is 0 Å². The van der Waals surface area contributed by atoms with Gasteiger partial charge in [0, 0.05) is 11.6 Å². The number of carbonyl (C=O) groups is 1. The molecule has 0 heterocycles. The maximum absolute atomic E-state index is 10.6. The Bertz CT molecular complexity index is 461. The van der Waals surface area contributed by atoms with Crippen LogP contribution in [0.2, 0.25) is 0 Å². The first-order valence-corrected chi connectivity index (χ1v) is 5.67. The van der Waals surface area contributed by atoms with Crippen LogP contribution >= 0.6 is 7.82 Å². The molecule has 0 aliphatic rings. The Balaban J connectivity index is 3.01. The zero-order valence-corrected chi connectivity index (χ0v) is 8.87. The van der Waals surface area contributed by atoms with E-state index in [2.05, 4.69) is 4.52 Å². The molecule has 1 rings (SSSR count). The van der Waals surface area contributed by atoms with E-state index in [1.165, 1.54) is 24.3 Å². The lowest BCUT2D eigenvalue weighted by atomic mass is 10.2. The smallest absolute Gasteiger partial charge is 0.478 e. The van der Waals surface area contributed by atoms with Gasteiger partial charge < -0.3 is 9.63 Å². The minimum absolute atomic E-state index is 0.0756. The van der Waals surface area contributed by atoms with Gasteiger partial charge in [0.15, 0.2) is 0 Å². The third-order valence-corrected chi connectivity index (χ3v) is 1.98. The molecule has 0 aliphatic heterocycles.